The van der Waals surface area contributed by atoms with Gasteiger partial charge in [0.2, 0.25) is 5.91 Å². The maximum Gasteiger partial charge on any atom is 0.267 e. The van der Waals surface area contributed by atoms with E-state index < -0.39 is 11.9 Å². The molecule has 0 spiro atoms. The van der Waals surface area contributed by atoms with Crippen molar-refractivity contribution in [3.63, 3.8) is 0 Å². The zero-order valence-corrected chi connectivity index (χ0v) is 16.1. The molecule has 2 aliphatic rings. The number of nitrogens with zero attached hydrogens (tertiary/aromatic N) is 3. The van der Waals surface area contributed by atoms with Gasteiger partial charge in [-0.25, -0.2) is 4.39 Å². The van der Waals surface area contributed by atoms with E-state index in [1.165, 1.54) is 55.0 Å². The highest BCUT2D eigenvalue weighted by Crippen LogP contribution is 2.24. The summed E-state index contributed by atoms with van der Waals surface area (Å²) in [5.74, 6) is -1.24. The van der Waals surface area contributed by atoms with Gasteiger partial charge in [0, 0.05) is 13.0 Å². The van der Waals surface area contributed by atoms with Crippen molar-refractivity contribution in [3.8, 4) is 0 Å². The van der Waals surface area contributed by atoms with Crippen molar-refractivity contribution in [2.75, 3.05) is 31.2 Å². The number of nitrogens with two attached hydrogens (primary N) is 1. The molecule has 8 heteroatoms. The Labute approximate surface area is 164 Å². The highest BCUT2D eigenvalue weighted by atomic mass is 19.1. The van der Waals surface area contributed by atoms with E-state index in [1.54, 1.807) is 0 Å². The number of amides is 2. The number of rotatable bonds is 7. The summed E-state index contributed by atoms with van der Waals surface area (Å²) < 4.78 is 13.2. The summed E-state index contributed by atoms with van der Waals surface area (Å²) in [5, 5.41) is 8.56. The smallest absolute Gasteiger partial charge is 0.267 e. The molecule has 28 heavy (non-hydrogen) atoms. The first kappa shape index (κ1) is 20.3. The molecule has 0 radical (unpaired) electrons. The SMILES string of the molecule is NC(=O)C1CC(C(=O)NCCCN2CCCCCC2)=NN1c1ccc(F)cc1. The predicted octanol–water partition coefficient (Wildman–Crippen LogP) is 1.63. The minimum atomic E-state index is -0.747. The molecule has 1 unspecified atom stereocenters. The Bertz CT molecular complexity index is 714. The molecule has 3 rings (SSSR count). The van der Waals surface area contributed by atoms with Gasteiger partial charge >= 0.3 is 0 Å². The highest BCUT2D eigenvalue weighted by molar-refractivity contribution is 6.40. The number of anilines is 1. The van der Waals surface area contributed by atoms with Crippen molar-refractivity contribution in [3.05, 3.63) is 30.1 Å². The largest absolute Gasteiger partial charge is 0.368 e. The standard InChI is InChI=1S/C20H28FN5O2/c21-15-6-8-16(9-7-15)26-18(19(22)27)14-17(24-26)20(28)23-10-5-13-25-11-3-1-2-4-12-25/h6-9,18H,1-5,10-14H2,(H2,22,27)(H,23,28). The van der Waals surface area contributed by atoms with E-state index in [2.05, 4.69) is 15.3 Å². The van der Waals surface area contributed by atoms with Gasteiger partial charge in [0.05, 0.1) is 5.69 Å². The molecule has 1 aromatic rings. The third-order valence-electron chi connectivity index (χ3n) is 5.23. The van der Waals surface area contributed by atoms with E-state index in [4.69, 9.17) is 5.73 Å². The van der Waals surface area contributed by atoms with Crippen LogP contribution in [0.15, 0.2) is 29.4 Å². The van der Waals surface area contributed by atoms with Crippen molar-refractivity contribution >= 4 is 23.2 Å². The third-order valence-corrected chi connectivity index (χ3v) is 5.23. The van der Waals surface area contributed by atoms with Crippen LogP contribution in [0.2, 0.25) is 0 Å². The van der Waals surface area contributed by atoms with Gasteiger partial charge < -0.3 is 16.0 Å². The summed E-state index contributed by atoms with van der Waals surface area (Å²) in [6, 6.07) is 4.84. The van der Waals surface area contributed by atoms with Gasteiger partial charge in [0.1, 0.15) is 17.6 Å². The molecule has 0 aliphatic carbocycles. The van der Waals surface area contributed by atoms with Crippen LogP contribution in [0.25, 0.3) is 0 Å². The van der Waals surface area contributed by atoms with Gasteiger partial charge in [-0.3, -0.25) is 14.6 Å². The van der Waals surface area contributed by atoms with Crippen molar-refractivity contribution in [2.45, 2.75) is 44.6 Å². The lowest BCUT2D eigenvalue weighted by atomic mass is 10.1. The topological polar surface area (TPSA) is 91.0 Å². The minimum absolute atomic E-state index is 0.144. The Morgan fingerprint density at radius 1 is 1.14 bits per heavy atom. The number of carbonyl (C=O) groups excluding carboxylic acids is 2. The lowest BCUT2D eigenvalue weighted by molar-refractivity contribution is -0.119. The second-order valence-corrected chi connectivity index (χ2v) is 7.36. The Balaban J connectivity index is 1.53. The number of benzene rings is 1. The van der Waals surface area contributed by atoms with Gasteiger partial charge in [0.25, 0.3) is 5.91 Å². The van der Waals surface area contributed by atoms with Gasteiger partial charge in [-0.05, 0) is 63.2 Å². The molecule has 2 heterocycles. The van der Waals surface area contributed by atoms with Crippen molar-refractivity contribution in [2.24, 2.45) is 10.8 Å². The van der Waals surface area contributed by atoms with Crippen LogP contribution in [0, 0.1) is 5.82 Å². The third kappa shape index (κ3) is 5.28. The van der Waals surface area contributed by atoms with Crippen LogP contribution in [0.3, 0.4) is 0 Å². The summed E-state index contributed by atoms with van der Waals surface area (Å²) in [4.78, 5) is 26.7. The molecule has 0 aromatic heterocycles. The summed E-state index contributed by atoms with van der Waals surface area (Å²) in [6.07, 6.45) is 6.12. The van der Waals surface area contributed by atoms with Crippen LogP contribution >= 0.6 is 0 Å². The number of primary amides is 1. The van der Waals surface area contributed by atoms with Crippen LogP contribution in [-0.4, -0.2) is 54.6 Å². The average molecular weight is 389 g/mol. The summed E-state index contributed by atoms with van der Waals surface area (Å²) >= 11 is 0. The molecule has 0 saturated carbocycles. The fourth-order valence-electron chi connectivity index (χ4n) is 3.67. The summed E-state index contributed by atoms with van der Waals surface area (Å²) in [7, 11) is 0. The number of hydrazone groups is 1. The quantitative estimate of drug-likeness (QED) is 0.694. The van der Waals surface area contributed by atoms with Crippen molar-refractivity contribution < 1.29 is 14.0 Å². The van der Waals surface area contributed by atoms with E-state index >= 15 is 0 Å². The van der Waals surface area contributed by atoms with Crippen molar-refractivity contribution in [1.29, 1.82) is 0 Å². The Morgan fingerprint density at radius 3 is 2.46 bits per heavy atom. The zero-order chi connectivity index (χ0) is 19.9. The van der Waals surface area contributed by atoms with Crippen LogP contribution < -0.4 is 16.1 Å². The highest BCUT2D eigenvalue weighted by Gasteiger charge is 2.34. The van der Waals surface area contributed by atoms with Gasteiger partial charge in [-0.2, -0.15) is 5.10 Å². The number of likely N-dealkylation sites (tertiary alicyclic amines) is 1. The van der Waals surface area contributed by atoms with Gasteiger partial charge in [-0.1, -0.05) is 12.8 Å². The normalized spacial score (nSPS) is 20.5. The molecule has 152 valence electrons. The maximum atomic E-state index is 13.2. The van der Waals surface area contributed by atoms with E-state index in [0.717, 1.165) is 26.1 Å². The van der Waals surface area contributed by atoms with Crippen LogP contribution in [-0.2, 0) is 9.59 Å². The van der Waals surface area contributed by atoms with E-state index in [9.17, 15) is 14.0 Å². The number of nitrogens with one attached hydrogen (secondary N) is 1. The lowest BCUT2D eigenvalue weighted by Gasteiger charge is -2.20. The lowest BCUT2D eigenvalue weighted by Crippen LogP contribution is -2.40. The van der Waals surface area contributed by atoms with Crippen molar-refractivity contribution in [1.82, 2.24) is 10.2 Å². The molecule has 2 amide bonds. The van der Waals surface area contributed by atoms with Gasteiger partial charge in [-0.15, -0.1) is 0 Å². The average Bonchev–Trinajstić information content (AvgIpc) is 2.97. The Hall–Kier alpha value is -2.48. The predicted molar refractivity (Wildman–Crippen MR) is 106 cm³/mol. The van der Waals surface area contributed by atoms with Crippen LogP contribution in [0.5, 0.6) is 0 Å². The fourth-order valence-corrected chi connectivity index (χ4v) is 3.67. The van der Waals surface area contributed by atoms with E-state index in [1.807, 2.05) is 0 Å². The molecule has 0 bridgehead atoms. The minimum Gasteiger partial charge on any atom is -0.368 e. The molecular formula is C20H28FN5O2. The monoisotopic (exact) mass is 389 g/mol. The Morgan fingerprint density at radius 2 is 1.82 bits per heavy atom. The first-order chi connectivity index (χ1) is 13.5. The molecule has 1 aromatic carbocycles. The summed E-state index contributed by atoms with van der Waals surface area (Å²) in [5.41, 5.74) is 6.26. The molecule has 1 saturated heterocycles. The molecule has 7 nitrogen and oxygen atoms in total. The van der Waals surface area contributed by atoms with E-state index in [-0.39, 0.29) is 23.9 Å². The Kier molecular flexibility index (Phi) is 6.97. The first-order valence-corrected chi connectivity index (χ1v) is 9.97. The first-order valence-electron chi connectivity index (χ1n) is 9.97. The number of carbonyl (C=O) groups is 2. The van der Waals surface area contributed by atoms with Crippen LogP contribution in [0.4, 0.5) is 10.1 Å². The van der Waals surface area contributed by atoms with Gasteiger partial charge in [0.15, 0.2) is 0 Å². The number of hydrogen-bond donors (Lipinski definition) is 2. The second-order valence-electron chi connectivity index (χ2n) is 7.36. The molecule has 3 N–H and O–H groups in total. The number of halogens is 1. The zero-order valence-electron chi connectivity index (χ0n) is 16.1. The molecule has 1 atom stereocenters. The molecule has 2 aliphatic heterocycles. The molecule has 1 fully saturated rings. The molecular weight excluding hydrogens is 361 g/mol. The second kappa shape index (κ2) is 9.64. The maximum absolute atomic E-state index is 13.2. The fraction of sp³-hybridized carbons (Fsp3) is 0.550. The summed E-state index contributed by atoms with van der Waals surface area (Å²) in [6.45, 7) is 3.80. The number of hydrogen-bond acceptors (Lipinski definition) is 5. The van der Waals surface area contributed by atoms with E-state index in [0.29, 0.717) is 12.2 Å². The van der Waals surface area contributed by atoms with Crippen LogP contribution in [0.1, 0.15) is 38.5 Å².